The Bertz CT molecular complexity index is 355. The van der Waals surface area contributed by atoms with Gasteiger partial charge in [-0.25, -0.2) is 4.79 Å². The molecule has 0 aromatic rings. The number of carbonyl (C=O) groups is 1. The number of ether oxygens (including phenoxy) is 1. The van der Waals surface area contributed by atoms with Gasteiger partial charge in [-0.1, -0.05) is 0 Å². The molecule has 1 aliphatic rings. The maximum absolute atomic E-state index is 11.4. The Kier molecular flexibility index (Phi) is 4.37. The topological polar surface area (TPSA) is 56.8 Å². The summed E-state index contributed by atoms with van der Waals surface area (Å²) in [5.74, 6) is 1.65. The number of nitrogens with one attached hydrogen (secondary N) is 1. The van der Waals surface area contributed by atoms with Crippen molar-refractivity contribution in [3.05, 3.63) is 12.2 Å². The van der Waals surface area contributed by atoms with Gasteiger partial charge < -0.3 is 14.0 Å². The lowest BCUT2D eigenvalue weighted by molar-refractivity contribution is 0.00578. The molecule has 0 spiro atoms. The summed E-state index contributed by atoms with van der Waals surface area (Å²) in [5, 5.41) is 2.52. The third-order valence-corrected chi connectivity index (χ3v) is 3.12. The van der Waals surface area contributed by atoms with E-state index in [1.807, 2.05) is 48.5 Å². The van der Waals surface area contributed by atoms with Crippen LogP contribution < -0.4 is 5.32 Å². The first-order chi connectivity index (χ1) is 8.43. The number of hydrogen-bond donors (Lipinski definition) is 1. The fourth-order valence-electron chi connectivity index (χ4n) is 1.47. The molecule has 1 N–H and O–H groups in total. The van der Waals surface area contributed by atoms with Crippen LogP contribution in [0.25, 0.3) is 0 Å². The third-order valence-electron chi connectivity index (χ3n) is 3.12. The van der Waals surface area contributed by atoms with Crippen molar-refractivity contribution >= 4 is 13.2 Å². The lowest BCUT2D eigenvalue weighted by Crippen LogP contribution is -2.41. The molecule has 1 amide bonds. The average molecular weight is 269 g/mol. The van der Waals surface area contributed by atoms with E-state index in [1.54, 1.807) is 5.98 Å². The fourth-order valence-corrected chi connectivity index (χ4v) is 1.47. The van der Waals surface area contributed by atoms with Gasteiger partial charge in [0.1, 0.15) is 5.60 Å². The predicted molar refractivity (Wildman–Crippen MR) is 74.6 cm³/mol. The van der Waals surface area contributed by atoms with Gasteiger partial charge in [0.15, 0.2) is 0 Å². The van der Waals surface area contributed by atoms with E-state index in [-0.39, 0.29) is 11.2 Å². The number of amides is 1. The summed E-state index contributed by atoms with van der Waals surface area (Å²) in [7, 11) is -0.472. The highest BCUT2D eigenvalue weighted by molar-refractivity contribution is 6.51. The van der Waals surface area contributed by atoms with Gasteiger partial charge in [-0.3, -0.25) is 5.32 Å². The zero-order valence-electron chi connectivity index (χ0n) is 12.9. The van der Waals surface area contributed by atoms with E-state index >= 15 is 0 Å². The summed E-state index contributed by atoms with van der Waals surface area (Å²) in [6.07, 6.45) is 0.983. The molecule has 5 nitrogen and oxygen atoms in total. The maximum atomic E-state index is 11.4. The molecule has 0 unspecified atom stereocenters. The van der Waals surface area contributed by atoms with Crippen LogP contribution in [0.1, 0.15) is 48.5 Å². The molecule has 19 heavy (non-hydrogen) atoms. The van der Waals surface area contributed by atoms with Gasteiger partial charge in [0.25, 0.3) is 0 Å². The molecular formula is C13H24BNO4. The summed E-state index contributed by atoms with van der Waals surface area (Å²) in [4.78, 5) is 11.4. The summed E-state index contributed by atoms with van der Waals surface area (Å²) >= 11 is 0. The molecule has 1 rings (SSSR count). The first kappa shape index (κ1) is 16.1. The van der Waals surface area contributed by atoms with Crippen molar-refractivity contribution in [3.63, 3.8) is 0 Å². The Morgan fingerprint density at radius 3 is 2.05 bits per heavy atom. The second-order valence-corrected chi connectivity index (χ2v) is 6.63. The second-order valence-electron chi connectivity index (χ2n) is 6.63. The van der Waals surface area contributed by atoms with Gasteiger partial charge in [0.05, 0.1) is 11.2 Å². The molecule has 0 radical (unpaired) electrons. The Morgan fingerprint density at radius 2 is 1.63 bits per heavy atom. The van der Waals surface area contributed by atoms with Crippen LogP contribution in [0.3, 0.4) is 0 Å². The van der Waals surface area contributed by atoms with Crippen molar-refractivity contribution in [3.8, 4) is 0 Å². The van der Waals surface area contributed by atoms with Crippen LogP contribution in [0.5, 0.6) is 0 Å². The van der Waals surface area contributed by atoms with Crippen LogP contribution in [0.2, 0.25) is 0 Å². The Labute approximate surface area is 115 Å². The molecule has 1 aliphatic heterocycles. The van der Waals surface area contributed by atoms with E-state index in [9.17, 15) is 4.79 Å². The largest absolute Gasteiger partial charge is 0.488 e. The normalized spacial score (nSPS) is 21.7. The van der Waals surface area contributed by atoms with Gasteiger partial charge in [-0.05, 0) is 60.6 Å². The van der Waals surface area contributed by atoms with Crippen LogP contribution in [0.15, 0.2) is 12.2 Å². The zero-order chi connectivity index (χ0) is 14.9. The van der Waals surface area contributed by atoms with Crippen molar-refractivity contribution in [2.45, 2.75) is 65.3 Å². The van der Waals surface area contributed by atoms with E-state index in [0.29, 0.717) is 0 Å². The third kappa shape index (κ3) is 4.55. The summed E-state index contributed by atoms with van der Waals surface area (Å²) < 4.78 is 16.6. The number of hydrogen-bond acceptors (Lipinski definition) is 4. The minimum absolute atomic E-state index is 0.381. The Morgan fingerprint density at radius 1 is 1.16 bits per heavy atom. The first-order valence-electron chi connectivity index (χ1n) is 6.45. The maximum Gasteiger partial charge on any atom is 0.488 e. The highest BCUT2D eigenvalue weighted by atomic mass is 16.7. The number of alkyl carbamates (subject to hydrolysis) is 1. The zero-order valence-corrected chi connectivity index (χ0v) is 12.9. The van der Waals surface area contributed by atoms with Gasteiger partial charge in [-0.15, -0.1) is 0 Å². The first-order valence-corrected chi connectivity index (χ1v) is 6.45. The van der Waals surface area contributed by atoms with E-state index < -0.39 is 18.8 Å². The van der Waals surface area contributed by atoms with Crippen LogP contribution in [-0.2, 0) is 14.0 Å². The van der Waals surface area contributed by atoms with Gasteiger partial charge >= 0.3 is 13.2 Å². The lowest BCUT2D eigenvalue weighted by Gasteiger charge is -2.32. The lowest BCUT2D eigenvalue weighted by atomic mass is 9.90. The van der Waals surface area contributed by atoms with Crippen LogP contribution >= 0.6 is 0 Å². The van der Waals surface area contributed by atoms with Gasteiger partial charge in [0.2, 0.25) is 0 Å². The molecule has 0 aromatic heterocycles. The molecule has 108 valence electrons. The smallest absolute Gasteiger partial charge is 0.444 e. The average Bonchev–Trinajstić information content (AvgIpc) is 2.31. The van der Waals surface area contributed by atoms with Crippen LogP contribution in [-0.4, -0.2) is 30.0 Å². The molecule has 6 heteroatoms. The van der Waals surface area contributed by atoms with E-state index in [1.165, 1.54) is 6.20 Å². The van der Waals surface area contributed by atoms with Crippen LogP contribution in [0.4, 0.5) is 4.79 Å². The van der Waals surface area contributed by atoms with E-state index in [2.05, 4.69) is 5.32 Å². The SMILES string of the molecule is CC(C)(C)OC(=O)NC=CB1OC(C)(C)C(C)(C)O1. The molecular weight excluding hydrogens is 245 g/mol. The molecule has 1 fully saturated rings. The summed E-state index contributed by atoms with van der Waals surface area (Å²) in [5.41, 5.74) is -1.27. The van der Waals surface area contributed by atoms with Crippen molar-refractivity contribution in [2.24, 2.45) is 0 Å². The molecule has 0 bridgehead atoms. The molecule has 0 aliphatic carbocycles. The minimum atomic E-state index is -0.512. The molecule has 1 saturated heterocycles. The van der Waals surface area contributed by atoms with Crippen molar-refractivity contribution in [1.82, 2.24) is 5.32 Å². The standard InChI is InChI=1S/C13H24BNO4/c1-11(2,3)17-10(16)15-9-8-14-18-12(4,5)13(6,7)19-14/h8-9H,1-7H3,(H,15,16). The Balaban J connectivity index is 2.46. The number of carbonyl (C=O) groups excluding carboxylic acids is 1. The quantitative estimate of drug-likeness (QED) is 0.783. The van der Waals surface area contributed by atoms with Gasteiger partial charge in [0, 0.05) is 0 Å². The summed E-state index contributed by atoms with van der Waals surface area (Å²) in [6.45, 7) is 13.3. The monoisotopic (exact) mass is 269 g/mol. The van der Waals surface area contributed by atoms with Crippen LogP contribution in [0, 0.1) is 0 Å². The molecule has 1 heterocycles. The molecule has 0 atom stereocenters. The summed E-state index contributed by atoms with van der Waals surface area (Å²) in [6, 6.07) is 0. The fraction of sp³-hybridized carbons (Fsp3) is 0.769. The van der Waals surface area contributed by atoms with E-state index in [0.717, 1.165) is 0 Å². The molecule has 0 aromatic carbocycles. The Hall–Kier alpha value is -1.01. The minimum Gasteiger partial charge on any atom is -0.444 e. The second kappa shape index (κ2) is 5.17. The van der Waals surface area contributed by atoms with Gasteiger partial charge in [-0.2, -0.15) is 0 Å². The molecule has 0 saturated carbocycles. The van der Waals surface area contributed by atoms with Crippen molar-refractivity contribution in [1.29, 1.82) is 0 Å². The number of rotatable bonds is 2. The highest BCUT2D eigenvalue weighted by Crippen LogP contribution is 2.36. The van der Waals surface area contributed by atoms with E-state index in [4.69, 9.17) is 14.0 Å². The highest BCUT2D eigenvalue weighted by Gasteiger charge is 2.50. The predicted octanol–water partition coefficient (Wildman–Crippen LogP) is 2.66. The van der Waals surface area contributed by atoms with Crippen molar-refractivity contribution < 1.29 is 18.8 Å². The van der Waals surface area contributed by atoms with Crippen molar-refractivity contribution in [2.75, 3.05) is 0 Å².